The van der Waals surface area contributed by atoms with E-state index in [-0.39, 0.29) is 12.2 Å². The summed E-state index contributed by atoms with van der Waals surface area (Å²) in [5.74, 6) is -0.254. The van der Waals surface area contributed by atoms with Crippen molar-refractivity contribution >= 4 is 21.9 Å². The van der Waals surface area contributed by atoms with Crippen LogP contribution in [0.2, 0.25) is 0 Å². The van der Waals surface area contributed by atoms with Crippen LogP contribution in [0.15, 0.2) is 46.9 Å². The Labute approximate surface area is 125 Å². The van der Waals surface area contributed by atoms with E-state index in [1.54, 1.807) is 12.1 Å². The van der Waals surface area contributed by atoms with Crippen molar-refractivity contribution in [2.45, 2.75) is 6.61 Å². The summed E-state index contributed by atoms with van der Waals surface area (Å²) >= 11 is 3.42. The maximum atomic E-state index is 11.2. The summed E-state index contributed by atoms with van der Waals surface area (Å²) in [4.78, 5) is 11.2. The lowest BCUT2D eigenvalue weighted by Gasteiger charge is -2.11. The third kappa shape index (κ3) is 3.30. The highest BCUT2D eigenvalue weighted by Crippen LogP contribution is 2.26. The van der Waals surface area contributed by atoms with E-state index in [4.69, 9.17) is 9.47 Å². The van der Waals surface area contributed by atoms with Gasteiger partial charge in [-0.2, -0.15) is 0 Å². The quantitative estimate of drug-likeness (QED) is 0.903. The van der Waals surface area contributed by atoms with Crippen LogP contribution in [-0.4, -0.2) is 18.2 Å². The molecule has 2 aromatic rings. The number of rotatable bonds is 5. The number of hydrogen-bond acceptors (Lipinski definition) is 3. The minimum atomic E-state index is -1.05. The molecule has 0 radical (unpaired) electrons. The van der Waals surface area contributed by atoms with Crippen molar-refractivity contribution in [1.82, 2.24) is 0 Å². The van der Waals surface area contributed by atoms with Gasteiger partial charge in [0.15, 0.2) is 0 Å². The second-order valence-corrected chi connectivity index (χ2v) is 4.90. The molecule has 20 heavy (non-hydrogen) atoms. The molecule has 1 N–H and O–H groups in total. The van der Waals surface area contributed by atoms with E-state index in [9.17, 15) is 9.90 Å². The van der Waals surface area contributed by atoms with Crippen molar-refractivity contribution in [2.24, 2.45) is 0 Å². The zero-order valence-corrected chi connectivity index (χ0v) is 12.4. The first kappa shape index (κ1) is 14.4. The van der Waals surface area contributed by atoms with Gasteiger partial charge in [-0.25, -0.2) is 4.79 Å². The van der Waals surface area contributed by atoms with Gasteiger partial charge >= 0.3 is 5.97 Å². The van der Waals surface area contributed by atoms with Crippen LogP contribution in [0.1, 0.15) is 15.9 Å². The molecule has 0 fully saturated rings. The molecule has 0 saturated heterocycles. The lowest BCUT2D eigenvalue weighted by molar-refractivity contribution is 0.0691. The Hall–Kier alpha value is -2.01. The normalized spacial score (nSPS) is 10.1. The van der Waals surface area contributed by atoms with Crippen LogP contribution in [0.3, 0.4) is 0 Å². The predicted molar refractivity (Wildman–Crippen MR) is 78.4 cm³/mol. The fourth-order valence-corrected chi connectivity index (χ4v) is 2.10. The molecule has 0 aliphatic rings. The molecule has 4 nitrogen and oxygen atoms in total. The van der Waals surface area contributed by atoms with Crippen LogP contribution in [0.5, 0.6) is 11.5 Å². The predicted octanol–water partition coefficient (Wildman–Crippen LogP) is 3.73. The lowest BCUT2D eigenvalue weighted by atomic mass is 10.2. The number of methoxy groups -OCH3 is 1. The van der Waals surface area contributed by atoms with Crippen LogP contribution in [0.25, 0.3) is 0 Å². The smallest absolute Gasteiger partial charge is 0.339 e. The Balaban J connectivity index is 2.21. The summed E-state index contributed by atoms with van der Waals surface area (Å²) < 4.78 is 11.5. The minimum Gasteiger partial charge on any atom is -0.497 e. The number of hydrogen-bond donors (Lipinski definition) is 1. The molecule has 0 spiro atoms. The topological polar surface area (TPSA) is 55.8 Å². The minimum absolute atomic E-state index is 0.0800. The number of halogens is 1. The van der Waals surface area contributed by atoms with Gasteiger partial charge in [0.1, 0.15) is 23.7 Å². The van der Waals surface area contributed by atoms with E-state index in [1.807, 2.05) is 24.3 Å². The average molecular weight is 337 g/mol. The SMILES string of the molecule is COc1ccc(OCc2ccccc2Br)c(C(=O)O)c1. The molecule has 0 amide bonds. The van der Waals surface area contributed by atoms with Gasteiger partial charge in [0.2, 0.25) is 0 Å². The summed E-state index contributed by atoms with van der Waals surface area (Å²) in [5, 5.41) is 9.19. The maximum Gasteiger partial charge on any atom is 0.339 e. The van der Waals surface area contributed by atoms with Gasteiger partial charge in [-0.3, -0.25) is 0 Å². The molecule has 0 aliphatic carbocycles. The van der Waals surface area contributed by atoms with Gasteiger partial charge in [0.25, 0.3) is 0 Å². The van der Waals surface area contributed by atoms with Crippen LogP contribution in [-0.2, 0) is 6.61 Å². The first-order valence-electron chi connectivity index (χ1n) is 5.89. The van der Waals surface area contributed by atoms with Crippen molar-refractivity contribution in [2.75, 3.05) is 7.11 Å². The second-order valence-electron chi connectivity index (χ2n) is 4.05. The summed E-state index contributed by atoms with van der Waals surface area (Å²) in [6.45, 7) is 0.286. The first-order valence-corrected chi connectivity index (χ1v) is 6.68. The first-order chi connectivity index (χ1) is 9.61. The Bertz CT molecular complexity index is 625. The molecule has 0 bridgehead atoms. The number of carboxylic acids is 1. The van der Waals surface area contributed by atoms with Gasteiger partial charge in [-0.15, -0.1) is 0 Å². The molecule has 0 saturated carbocycles. The van der Waals surface area contributed by atoms with Crippen molar-refractivity contribution in [3.63, 3.8) is 0 Å². The molecule has 0 aromatic heterocycles. The fraction of sp³-hybridized carbons (Fsp3) is 0.133. The zero-order valence-electron chi connectivity index (χ0n) is 10.8. The van der Waals surface area contributed by atoms with Crippen molar-refractivity contribution in [3.05, 3.63) is 58.1 Å². The van der Waals surface area contributed by atoms with E-state index in [1.165, 1.54) is 13.2 Å². The van der Waals surface area contributed by atoms with E-state index >= 15 is 0 Å². The van der Waals surface area contributed by atoms with E-state index in [2.05, 4.69) is 15.9 Å². The highest BCUT2D eigenvalue weighted by molar-refractivity contribution is 9.10. The number of ether oxygens (including phenoxy) is 2. The lowest BCUT2D eigenvalue weighted by Crippen LogP contribution is -2.04. The summed E-state index contributed by atoms with van der Waals surface area (Å²) in [5.41, 5.74) is 1.02. The third-order valence-corrected chi connectivity index (χ3v) is 3.53. The van der Waals surface area contributed by atoms with E-state index in [0.717, 1.165) is 10.0 Å². The molecule has 2 aromatic carbocycles. The monoisotopic (exact) mass is 336 g/mol. The van der Waals surface area contributed by atoms with Crippen molar-refractivity contribution in [1.29, 1.82) is 0 Å². The molecule has 0 unspecified atom stereocenters. The van der Waals surface area contributed by atoms with E-state index in [0.29, 0.717) is 11.5 Å². The standard InChI is InChI=1S/C15H13BrO4/c1-19-11-6-7-14(12(8-11)15(17)18)20-9-10-4-2-3-5-13(10)16/h2-8H,9H2,1H3,(H,17,18). The zero-order chi connectivity index (χ0) is 14.5. The van der Waals surface area contributed by atoms with Gasteiger partial charge in [0, 0.05) is 10.0 Å². The average Bonchev–Trinajstić information content (AvgIpc) is 2.46. The third-order valence-electron chi connectivity index (χ3n) is 2.76. The maximum absolute atomic E-state index is 11.2. The van der Waals surface area contributed by atoms with Gasteiger partial charge < -0.3 is 14.6 Å². The van der Waals surface area contributed by atoms with Crippen LogP contribution in [0, 0.1) is 0 Å². The van der Waals surface area contributed by atoms with E-state index < -0.39 is 5.97 Å². The number of carbonyl (C=O) groups is 1. The number of benzene rings is 2. The van der Waals surface area contributed by atoms with Gasteiger partial charge in [-0.05, 0) is 24.3 Å². The molecular formula is C15H13BrO4. The molecule has 0 atom stereocenters. The molecule has 2 rings (SSSR count). The highest BCUT2D eigenvalue weighted by Gasteiger charge is 2.13. The summed E-state index contributed by atoms with van der Waals surface area (Å²) in [7, 11) is 1.49. The Morgan fingerprint density at radius 3 is 2.65 bits per heavy atom. The Morgan fingerprint density at radius 2 is 2.00 bits per heavy atom. The summed E-state index contributed by atoms with van der Waals surface area (Å²) in [6.07, 6.45) is 0. The Kier molecular flexibility index (Phi) is 4.63. The molecule has 5 heteroatoms. The molecule has 0 heterocycles. The number of carboxylic acid groups (broad SMARTS) is 1. The van der Waals surface area contributed by atoms with Crippen molar-refractivity contribution in [3.8, 4) is 11.5 Å². The van der Waals surface area contributed by atoms with Gasteiger partial charge in [-0.1, -0.05) is 34.1 Å². The van der Waals surface area contributed by atoms with Crippen LogP contribution in [0.4, 0.5) is 0 Å². The molecular weight excluding hydrogens is 324 g/mol. The largest absolute Gasteiger partial charge is 0.497 e. The fourth-order valence-electron chi connectivity index (χ4n) is 1.70. The second kappa shape index (κ2) is 6.43. The number of aromatic carboxylic acids is 1. The molecule has 0 aliphatic heterocycles. The molecule has 104 valence electrons. The Morgan fingerprint density at radius 1 is 1.25 bits per heavy atom. The van der Waals surface area contributed by atoms with Crippen LogP contribution >= 0.6 is 15.9 Å². The van der Waals surface area contributed by atoms with Crippen LogP contribution < -0.4 is 9.47 Å². The van der Waals surface area contributed by atoms with Gasteiger partial charge in [0.05, 0.1) is 7.11 Å². The highest BCUT2D eigenvalue weighted by atomic mass is 79.9. The summed E-state index contributed by atoms with van der Waals surface area (Å²) in [6, 6.07) is 12.3. The van der Waals surface area contributed by atoms with Crippen molar-refractivity contribution < 1.29 is 19.4 Å².